The molecule has 1 amide bonds. The van der Waals surface area contributed by atoms with Crippen molar-refractivity contribution in [1.82, 2.24) is 5.32 Å². The highest BCUT2D eigenvalue weighted by Gasteiger charge is 2.21. The molecule has 0 aromatic heterocycles. The van der Waals surface area contributed by atoms with Crippen molar-refractivity contribution in [2.24, 2.45) is 0 Å². The standard InChI is InChI=1S/C12H12N2O4/c1-3-8(4-2)13-12(16)9-6-5-7-10(11(9)15)14(17)18/h1,5-8,15H,4H2,2H3,(H,13,16). The van der Waals surface area contributed by atoms with Gasteiger partial charge < -0.3 is 10.4 Å². The molecule has 6 heteroatoms. The van der Waals surface area contributed by atoms with Gasteiger partial charge in [-0.1, -0.05) is 18.9 Å². The number of terminal acetylenes is 1. The molecular weight excluding hydrogens is 236 g/mol. The first-order chi connectivity index (χ1) is 8.51. The summed E-state index contributed by atoms with van der Waals surface area (Å²) < 4.78 is 0. The van der Waals surface area contributed by atoms with Gasteiger partial charge >= 0.3 is 5.69 Å². The summed E-state index contributed by atoms with van der Waals surface area (Å²) >= 11 is 0. The van der Waals surface area contributed by atoms with Crippen molar-refractivity contribution in [2.45, 2.75) is 19.4 Å². The van der Waals surface area contributed by atoms with Gasteiger partial charge in [-0.25, -0.2) is 0 Å². The summed E-state index contributed by atoms with van der Waals surface area (Å²) in [5, 5.41) is 22.7. The monoisotopic (exact) mass is 248 g/mol. The lowest BCUT2D eigenvalue weighted by atomic mass is 10.1. The van der Waals surface area contributed by atoms with Gasteiger partial charge in [-0.15, -0.1) is 6.42 Å². The molecule has 0 saturated heterocycles. The summed E-state index contributed by atoms with van der Waals surface area (Å²) in [5.41, 5.74) is -0.686. The zero-order chi connectivity index (χ0) is 13.7. The van der Waals surface area contributed by atoms with Crippen LogP contribution in [0.25, 0.3) is 0 Å². The molecule has 6 nitrogen and oxygen atoms in total. The molecule has 0 aliphatic heterocycles. The minimum atomic E-state index is -0.759. The molecule has 18 heavy (non-hydrogen) atoms. The molecule has 0 heterocycles. The fourth-order valence-electron chi connectivity index (χ4n) is 1.36. The van der Waals surface area contributed by atoms with Crippen LogP contribution in [-0.4, -0.2) is 22.0 Å². The molecule has 0 spiro atoms. The second-order valence-electron chi connectivity index (χ2n) is 3.53. The number of phenols is 1. The van der Waals surface area contributed by atoms with Gasteiger partial charge in [0.15, 0.2) is 0 Å². The molecule has 0 fully saturated rings. The fraction of sp³-hybridized carbons (Fsp3) is 0.250. The third-order valence-electron chi connectivity index (χ3n) is 2.37. The van der Waals surface area contributed by atoms with Crippen molar-refractivity contribution in [1.29, 1.82) is 0 Å². The lowest BCUT2D eigenvalue weighted by molar-refractivity contribution is -0.385. The van der Waals surface area contributed by atoms with Gasteiger partial charge in [-0.05, 0) is 12.5 Å². The predicted molar refractivity (Wildman–Crippen MR) is 65.1 cm³/mol. The summed E-state index contributed by atoms with van der Waals surface area (Å²) in [7, 11) is 0. The molecular formula is C12H12N2O4. The highest BCUT2D eigenvalue weighted by molar-refractivity contribution is 5.98. The Labute approximate surface area is 104 Å². The highest BCUT2D eigenvalue weighted by atomic mass is 16.6. The topological polar surface area (TPSA) is 92.5 Å². The first-order valence-electron chi connectivity index (χ1n) is 5.24. The maximum absolute atomic E-state index is 11.8. The Morgan fingerprint density at radius 3 is 2.83 bits per heavy atom. The van der Waals surface area contributed by atoms with E-state index in [2.05, 4.69) is 11.2 Å². The molecule has 0 saturated carbocycles. The third kappa shape index (κ3) is 2.77. The van der Waals surface area contributed by atoms with Crippen LogP contribution in [0.15, 0.2) is 18.2 Å². The van der Waals surface area contributed by atoms with E-state index < -0.39 is 28.3 Å². The molecule has 1 aromatic carbocycles. The third-order valence-corrected chi connectivity index (χ3v) is 2.37. The highest BCUT2D eigenvalue weighted by Crippen LogP contribution is 2.29. The first kappa shape index (κ1) is 13.5. The van der Waals surface area contributed by atoms with Gasteiger partial charge in [0, 0.05) is 6.07 Å². The minimum absolute atomic E-state index is 0.169. The number of phenolic OH excluding ortho intramolecular Hbond substituents is 1. The Kier molecular flexibility index (Phi) is 4.27. The molecule has 1 atom stereocenters. The molecule has 94 valence electrons. The molecule has 0 aliphatic rings. The number of carbonyl (C=O) groups excluding carboxylic acids is 1. The fourth-order valence-corrected chi connectivity index (χ4v) is 1.36. The first-order valence-corrected chi connectivity index (χ1v) is 5.24. The summed E-state index contributed by atoms with van der Waals surface area (Å²) in [6.45, 7) is 1.79. The van der Waals surface area contributed by atoms with Crippen molar-refractivity contribution in [3.63, 3.8) is 0 Å². The Hall–Kier alpha value is -2.55. The van der Waals surface area contributed by atoms with E-state index in [1.54, 1.807) is 6.92 Å². The molecule has 2 N–H and O–H groups in total. The second-order valence-corrected chi connectivity index (χ2v) is 3.53. The average molecular weight is 248 g/mol. The van der Waals surface area contributed by atoms with Crippen molar-refractivity contribution in [2.75, 3.05) is 0 Å². The number of nitrogens with one attached hydrogen (secondary N) is 1. The van der Waals surface area contributed by atoms with Crippen molar-refractivity contribution >= 4 is 11.6 Å². The van der Waals surface area contributed by atoms with Crippen LogP contribution < -0.4 is 5.32 Å². The van der Waals surface area contributed by atoms with Crippen molar-refractivity contribution < 1.29 is 14.8 Å². The van der Waals surface area contributed by atoms with Crippen LogP contribution >= 0.6 is 0 Å². The largest absolute Gasteiger partial charge is 0.502 e. The molecule has 0 bridgehead atoms. The normalized spacial score (nSPS) is 11.3. The van der Waals surface area contributed by atoms with E-state index in [-0.39, 0.29) is 5.56 Å². The maximum atomic E-state index is 11.8. The number of nitro groups is 1. The van der Waals surface area contributed by atoms with Crippen LogP contribution in [0.3, 0.4) is 0 Å². The van der Waals surface area contributed by atoms with E-state index in [1.807, 2.05) is 0 Å². The number of carbonyl (C=O) groups is 1. The summed E-state index contributed by atoms with van der Waals surface area (Å²) in [4.78, 5) is 21.6. The lowest BCUT2D eigenvalue weighted by Gasteiger charge is -2.11. The van der Waals surface area contributed by atoms with Crippen molar-refractivity contribution in [3.8, 4) is 18.1 Å². The molecule has 1 unspecified atom stereocenters. The molecule has 0 aliphatic carbocycles. The zero-order valence-electron chi connectivity index (χ0n) is 9.71. The lowest BCUT2D eigenvalue weighted by Crippen LogP contribution is -2.33. The van der Waals surface area contributed by atoms with Gasteiger partial charge in [0.05, 0.1) is 16.5 Å². The Morgan fingerprint density at radius 1 is 1.67 bits per heavy atom. The van der Waals surface area contributed by atoms with Crippen LogP contribution in [-0.2, 0) is 0 Å². The second kappa shape index (κ2) is 5.68. The number of rotatable bonds is 4. The van der Waals surface area contributed by atoms with E-state index in [1.165, 1.54) is 12.1 Å². The van der Waals surface area contributed by atoms with E-state index in [4.69, 9.17) is 6.42 Å². The smallest absolute Gasteiger partial charge is 0.311 e. The van der Waals surface area contributed by atoms with Gasteiger partial charge in [-0.3, -0.25) is 14.9 Å². The van der Waals surface area contributed by atoms with Gasteiger partial charge in [0.2, 0.25) is 5.75 Å². The number of nitro benzene ring substituents is 1. The van der Waals surface area contributed by atoms with Crippen LogP contribution in [0.5, 0.6) is 5.75 Å². The minimum Gasteiger partial charge on any atom is -0.502 e. The van der Waals surface area contributed by atoms with Crippen LogP contribution in [0.1, 0.15) is 23.7 Å². The van der Waals surface area contributed by atoms with E-state index in [0.717, 1.165) is 6.07 Å². The predicted octanol–water partition coefficient (Wildman–Crippen LogP) is 1.44. The Morgan fingerprint density at radius 2 is 2.33 bits per heavy atom. The quantitative estimate of drug-likeness (QED) is 0.479. The average Bonchev–Trinajstić information content (AvgIpc) is 2.35. The maximum Gasteiger partial charge on any atom is 0.311 e. The van der Waals surface area contributed by atoms with Crippen LogP contribution in [0.2, 0.25) is 0 Å². The molecule has 0 radical (unpaired) electrons. The summed E-state index contributed by atoms with van der Waals surface area (Å²) in [6.07, 6.45) is 5.72. The molecule has 1 aromatic rings. The Bertz CT molecular complexity index is 519. The summed E-state index contributed by atoms with van der Waals surface area (Å²) in [6, 6.07) is 3.26. The van der Waals surface area contributed by atoms with Gasteiger partial charge in [0.25, 0.3) is 5.91 Å². The molecule has 1 rings (SSSR count). The zero-order valence-corrected chi connectivity index (χ0v) is 9.71. The van der Waals surface area contributed by atoms with E-state index in [0.29, 0.717) is 6.42 Å². The number of hydrogen-bond donors (Lipinski definition) is 2. The number of nitrogens with zero attached hydrogens (tertiary/aromatic N) is 1. The number of aromatic hydroxyl groups is 1. The Balaban J connectivity index is 3.04. The van der Waals surface area contributed by atoms with Crippen molar-refractivity contribution in [3.05, 3.63) is 33.9 Å². The number of para-hydroxylation sites is 1. The summed E-state index contributed by atoms with van der Waals surface area (Å²) in [5.74, 6) is 1.06. The van der Waals surface area contributed by atoms with E-state index >= 15 is 0 Å². The number of hydrogen-bond acceptors (Lipinski definition) is 4. The van der Waals surface area contributed by atoms with Crippen LogP contribution in [0.4, 0.5) is 5.69 Å². The number of amides is 1. The number of benzene rings is 1. The SMILES string of the molecule is C#CC(CC)NC(=O)c1cccc([N+](=O)[O-])c1O. The van der Waals surface area contributed by atoms with Crippen LogP contribution in [0, 0.1) is 22.5 Å². The van der Waals surface area contributed by atoms with E-state index in [9.17, 15) is 20.0 Å². The van der Waals surface area contributed by atoms with Gasteiger partial charge in [0.1, 0.15) is 0 Å². The van der Waals surface area contributed by atoms with Gasteiger partial charge in [-0.2, -0.15) is 0 Å².